The minimum atomic E-state index is -0.340. The minimum absolute atomic E-state index is 0.0157. The molecule has 0 heterocycles. The first kappa shape index (κ1) is 11.5. The molecule has 4 nitrogen and oxygen atoms in total. The maximum atomic E-state index is 10.9. The summed E-state index contributed by atoms with van der Waals surface area (Å²) in [4.78, 5) is 10.9. The standard InChI is InChI=1S/C11H15NO3/c1-2-15-11(13)8-14-7-9-3-5-10(12)6-4-9/h3-6H,2,7-8,12H2,1H3. The summed E-state index contributed by atoms with van der Waals surface area (Å²) >= 11 is 0. The Balaban J connectivity index is 2.26. The highest BCUT2D eigenvalue weighted by Crippen LogP contribution is 2.06. The highest BCUT2D eigenvalue weighted by molar-refractivity contribution is 5.70. The van der Waals surface area contributed by atoms with Crippen LogP contribution in [0.2, 0.25) is 0 Å². The molecule has 0 unspecified atom stereocenters. The van der Waals surface area contributed by atoms with Gasteiger partial charge in [0.25, 0.3) is 0 Å². The Morgan fingerprint density at radius 3 is 2.60 bits per heavy atom. The summed E-state index contributed by atoms with van der Waals surface area (Å²) in [5.74, 6) is -0.340. The van der Waals surface area contributed by atoms with Crippen molar-refractivity contribution >= 4 is 11.7 Å². The van der Waals surface area contributed by atoms with E-state index < -0.39 is 0 Å². The molecule has 0 aliphatic carbocycles. The van der Waals surface area contributed by atoms with Gasteiger partial charge >= 0.3 is 5.97 Å². The van der Waals surface area contributed by atoms with Crippen LogP contribution in [0, 0.1) is 0 Å². The lowest BCUT2D eigenvalue weighted by atomic mass is 10.2. The van der Waals surface area contributed by atoms with Gasteiger partial charge in [-0.1, -0.05) is 12.1 Å². The summed E-state index contributed by atoms with van der Waals surface area (Å²) in [6, 6.07) is 7.31. The smallest absolute Gasteiger partial charge is 0.332 e. The lowest BCUT2D eigenvalue weighted by Gasteiger charge is -2.04. The Bertz CT molecular complexity index is 308. The molecule has 0 aliphatic rings. The number of esters is 1. The molecular weight excluding hydrogens is 194 g/mol. The predicted molar refractivity (Wildman–Crippen MR) is 57.1 cm³/mol. The monoisotopic (exact) mass is 209 g/mol. The first-order chi connectivity index (χ1) is 7.22. The quantitative estimate of drug-likeness (QED) is 0.587. The summed E-state index contributed by atoms with van der Waals surface area (Å²) in [5, 5.41) is 0. The van der Waals surface area contributed by atoms with Gasteiger partial charge in [0, 0.05) is 5.69 Å². The maximum absolute atomic E-state index is 10.9. The number of hydrogen-bond acceptors (Lipinski definition) is 4. The molecule has 0 saturated carbocycles. The molecule has 0 aliphatic heterocycles. The molecule has 0 aromatic heterocycles. The number of anilines is 1. The number of nitrogen functional groups attached to an aromatic ring is 1. The second-order valence-corrected chi connectivity index (χ2v) is 3.04. The first-order valence-corrected chi connectivity index (χ1v) is 4.80. The van der Waals surface area contributed by atoms with E-state index in [0.717, 1.165) is 5.56 Å². The fraction of sp³-hybridized carbons (Fsp3) is 0.364. The van der Waals surface area contributed by atoms with Crippen molar-refractivity contribution in [3.05, 3.63) is 29.8 Å². The van der Waals surface area contributed by atoms with Crippen molar-refractivity contribution < 1.29 is 14.3 Å². The van der Waals surface area contributed by atoms with Gasteiger partial charge < -0.3 is 15.2 Å². The van der Waals surface area contributed by atoms with Gasteiger partial charge in [0.15, 0.2) is 0 Å². The third kappa shape index (κ3) is 4.46. The topological polar surface area (TPSA) is 61.5 Å². The number of benzene rings is 1. The van der Waals surface area contributed by atoms with Gasteiger partial charge in [-0.3, -0.25) is 0 Å². The molecule has 1 rings (SSSR count). The second kappa shape index (κ2) is 6.03. The van der Waals surface area contributed by atoms with E-state index in [9.17, 15) is 4.79 Å². The van der Waals surface area contributed by atoms with Gasteiger partial charge in [-0.05, 0) is 24.6 Å². The van der Waals surface area contributed by atoms with Crippen LogP contribution in [-0.2, 0) is 20.9 Å². The van der Waals surface area contributed by atoms with Gasteiger partial charge in [-0.15, -0.1) is 0 Å². The Labute approximate surface area is 89.0 Å². The van der Waals surface area contributed by atoms with Gasteiger partial charge in [-0.2, -0.15) is 0 Å². The zero-order valence-corrected chi connectivity index (χ0v) is 8.73. The van der Waals surface area contributed by atoms with E-state index >= 15 is 0 Å². The van der Waals surface area contributed by atoms with E-state index in [1.165, 1.54) is 0 Å². The molecule has 0 radical (unpaired) electrons. The van der Waals surface area contributed by atoms with E-state index in [2.05, 4.69) is 0 Å². The maximum Gasteiger partial charge on any atom is 0.332 e. The van der Waals surface area contributed by atoms with E-state index in [1.807, 2.05) is 12.1 Å². The summed E-state index contributed by atoms with van der Waals surface area (Å²) in [6.07, 6.45) is 0. The van der Waals surface area contributed by atoms with Crippen LogP contribution in [-0.4, -0.2) is 19.2 Å². The molecule has 82 valence electrons. The SMILES string of the molecule is CCOC(=O)COCc1ccc(N)cc1. The zero-order chi connectivity index (χ0) is 11.1. The fourth-order valence-electron chi connectivity index (χ4n) is 1.07. The molecule has 1 aromatic carbocycles. The van der Waals surface area contributed by atoms with Gasteiger partial charge in [0.05, 0.1) is 13.2 Å². The van der Waals surface area contributed by atoms with E-state index in [1.54, 1.807) is 19.1 Å². The minimum Gasteiger partial charge on any atom is -0.464 e. The van der Waals surface area contributed by atoms with Crippen LogP contribution in [0.15, 0.2) is 24.3 Å². The van der Waals surface area contributed by atoms with Crippen LogP contribution >= 0.6 is 0 Å². The molecule has 1 aromatic rings. The van der Waals surface area contributed by atoms with Gasteiger partial charge in [-0.25, -0.2) is 4.79 Å². The second-order valence-electron chi connectivity index (χ2n) is 3.04. The molecular formula is C11H15NO3. The average Bonchev–Trinajstić information content (AvgIpc) is 2.21. The molecule has 0 fully saturated rings. The van der Waals surface area contributed by atoms with Crippen molar-refractivity contribution in [3.63, 3.8) is 0 Å². The normalized spacial score (nSPS) is 9.93. The van der Waals surface area contributed by atoms with Crippen molar-refractivity contribution in [1.29, 1.82) is 0 Å². The van der Waals surface area contributed by atoms with Crippen LogP contribution in [0.5, 0.6) is 0 Å². The molecule has 2 N–H and O–H groups in total. The first-order valence-electron chi connectivity index (χ1n) is 4.80. The molecule has 0 bridgehead atoms. The van der Waals surface area contributed by atoms with Crippen molar-refractivity contribution in [3.8, 4) is 0 Å². The zero-order valence-electron chi connectivity index (χ0n) is 8.73. The molecule has 4 heteroatoms. The lowest BCUT2D eigenvalue weighted by molar-refractivity contribution is -0.148. The predicted octanol–water partition coefficient (Wildman–Crippen LogP) is 1.35. The van der Waals surface area contributed by atoms with E-state index in [4.69, 9.17) is 15.2 Å². The summed E-state index contributed by atoms with van der Waals surface area (Å²) in [6.45, 7) is 2.51. The van der Waals surface area contributed by atoms with Crippen LogP contribution in [0.1, 0.15) is 12.5 Å². The van der Waals surface area contributed by atoms with Gasteiger partial charge in [0.2, 0.25) is 0 Å². The molecule has 0 amide bonds. The molecule has 0 spiro atoms. The van der Waals surface area contributed by atoms with E-state index in [0.29, 0.717) is 18.9 Å². The molecule has 0 atom stereocenters. The summed E-state index contributed by atoms with van der Waals surface area (Å²) in [5.41, 5.74) is 7.22. The van der Waals surface area contributed by atoms with Gasteiger partial charge in [0.1, 0.15) is 6.61 Å². The number of hydrogen-bond donors (Lipinski definition) is 1. The molecule has 15 heavy (non-hydrogen) atoms. The van der Waals surface area contributed by atoms with Crippen LogP contribution < -0.4 is 5.73 Å². The lowest BCUT2D eigenvalue weighted by Crippen LogP contribution is -2.12. The van der Waals surface area contributed by atoms with Crippen molar-refractivity contribution in [1.82, 2.24) is 0 Å². The van der Waals surface area contributed by atoms with Crippen molar-refractivity contribution in [2.75, 3.05) is 18.9 Å². The summed E-state index contributed by atoms with van der Waals surface area (Å²) < 4.78 is 9.87. The number of ether oxygens (including phenoxy) is 2. The Morgan fingerprint density at radius 2 is 2.00 bits per heavy atom. The Hall–Kier alpha value is -1.55. The highest BCUT2D eigenvalue weighted by Gasteiger charge is 2.01. The Morgan fingerprint density at radius 1 is 1.33 bits per heavy atom. The van der Waals surface area contributed by atoms with Crippen molar-refractivity contribution in [2.24, 2.45) is 0 Å². The van der Waals surface area contributed by atoms with Crippen LogP contribution in [0.3, 0.4) is 0 Å². The van der Waals surface area contributed by atoms with Crippen LogP contribution in [0.25, 0.3) is 0 Å². The third-order valence-electron chi connectivity index (χ3n) is 1.77. The van der Waals surface area contributed by atoms with Crippen molar-refractivity contribution in [2.45, 2.75) is 13.5 Å². The Kier molecular flexibility index (Phi) is 4.63. The average molecular weight is 209 g/mol. The highest BCUT2D eigenvalue weighted by atomic mass is 16.6. The fourth-order valence-corrected chi connectivity index (χ4v) is 1.07. The third-order valence-corrected chi connectivity index (χ3v) is 1.77. The number of carbonyl (C=O) groups is 1. The van der Waals surface area contributed by atoms with Crippen LogP contribution in [0.4, 0.5) is 5.69 Å². The molecule has 0 saturated heterocycles. The number of nitrogens with two attached hydrogens (primary N) is 1. The number of rotatable bonds is 5. The summed E-state index contributed by atoms with van der Waals surface area (Å²) in [7, 11) is 0. The number of carbonyl (C=O) groups excluding carboxylic acids is 1. The largest absolute Gasteiger partial charge is 0.464 e. The van der Waals surface area contributed by atoms with E-state index in [-0.39, 0.29) is 12.6 Å².